The first kappa shape index (κ1) is 19.9. The molecule has 0 aliphatic heterocycles. The van der Waals surface area contributed by atoms with Gasteiger partial charge in [-0.05, 0) is 45.0 Å². The van der Waals surface area contributed by atoms with Crippen LogP contribution in [0.2, 0.25) is 0 Å². The standard InChI is InChI=1S/C15H24FN3O.HI/c1-4-17-15(19-12(2)3)18-10-5-11-20-14-8-6-13(16)7-9-14;/h6-9,12H,4-5,10-11H2,1-3H3,(H2,17,18,19);1H. The van der Waals surface area contributed by atoms with Gasteiger partial charge in [0.25, 0.3) is 0 Å². The Bertz CT molecular complexity index is 410. The number of nitrogens with one attached hydrogen (secondary N) is 2. The van der Waals surface area contributed by atoms with Crippen LogP contribution in [0.3, 0.4) is 0 Å². The Morgan fingerprint density at radius 1 is 1.29 bits per heavy atom. The number of ether oxygens (including phenoxy) is 1. The molecule has 0 fully saturated rings. The maximum atomic E-state index is 12.7. The maximum absolute atomic E-state index is 12.7. The fourth-order valence-electron chi connectivity index (χ4n) is 1.57. The second-order valence-corrected chi connectivity index (χ2v) is 4.72. The number of benzene rings is 1. The first-order valence-electron chi connectivity index (χ1n) is 7.05. The van der Waals surface area contributed by atoms with E-state index in [-0.39, 0.29) is 29.8 Å². The van der Waals surface area contributed by atoms with Gasteiger partial charge in [0.15, 0.2) is 5.96 Å². The Morgan fingerprint density at radius 3 is 2.52 bits per heavy atom. The molecule has 0 heterocycles. The number of guanidine groups is 1. The molecule has 0 aliphatic carbocycles. The highest BCUT2D eigenvalue weighted by Gasteiger charge is 1.99. The molecule has 0 bridgehead atoms. The van der Waals surface area contributed by atoms with E-state index in [9.17, 15) is 4.39 Å². The van der Waals surface area contributed by atoms with E-state index in [1.54, 1.807) is 12.1 Å². The summed E-state index contributed by atoms with van der Waals surface area (Å²) >= 11 is 0. The lowest BCUT2D eigenvalue weighted by Crippen LogP contribution is -2.41. The summed E-state index contributed by atoms with van der Waals surface area (Å²) in [7, 11) is 0. The van der Waals surface area contributed by atoms with Crippen LogP contribution in [-0.4, -0.2) is 31.7 Å². The van der Waals surface area contributed by atoms with E-state index in [0.29, 0.717) is 24.9 Å². The van der Waals surface area contributed by atoms with Gasteiger partial charge in [0.2, 0.25) is 0 Å². The summed E-state index contributed by atoms with van der Waals surface area (Å²) in [6.45, 7) is 8.27. The first-order valence-corrected chi connectivity index (χ1v) is 7.05. The molecular weight excluding hydrogens is 384 g/mol. The molecule has 0 amide bonds. The molecule has 120 valence electrons. The van der Waals surface area contributed by atoms with Crippen molar-refractivity contribution in [3.63, 3.8) is 0 Å². The summed E-state index contributed by atoms with van der Waals surface area (Å²) in [6.07, 6.45) is 0.812. The van der Waals surface area contributed by atoms with E-state index in [4.69, 9.17) is 4.74 Å². The van der Waals surface area contributed by atoms with Gasteiger partial charge in [0.05, 0.1) is 6.61 Å². The molecule has 0 atom stereocenters. The third-order valence-corrected chi connectivity index (χ3v) is 2.42. The zero-order valence-corrected chi connectivity index (χ0v) is 15.2. The van der Waals surface area contributed by atoms with Crippen molar-refractivity contribution in [3.8, 4) is 5.75 Å². The Morgan fingerprint density at radius 2 is 1.95 bits per heavy atom. The van der Waals surface area contributed by atoms with Gasteiger partial charge in [-0.1, -0.05) is 0 Å². The normalized spacial score (nSPS) is 11.0. The topological polar surface area (TPSA) is 45.7 Å². The predicted octanol–water partition coefficient (Wildman–Crippen LogP) is 3.18. The van der Waals surface area contributed by atoms with Crippen LogP contribution in [0.4, 0.5) is 4.39 Å². The molecule has 0 unspecified atom stereocenters. The predicted molar refractivity (Wildman–Crippen MR) is 96.2 cm³/mol. The number of hydrogen-bond donors (Lipinski definition) is 2. The summed E-state index contributed by atoms with van der Waals surface area (Å²) in [5.41, 5.74) is 0. The van der Waals surface area contributed by atoms with Crippen LogP contribution < -0.4 is 15.4 Å². The Kier molecular flexibility index (Phi) is 11.0. The summed E-state index contributed by atoms with van der Waals surface area (Å²) in [4.78, 5) is 4.45. The van der Waals surface area contributed by atoms with Gasteiger partial charge in [0.1, 0.15) is 11.6 Å². The van der Waals surface area contributed by atoms with Gasteiger partial charge in [-0.25, -0.2) is 4.39 Å². The van der Waals surface area contributed by atoms with E-state index in [2.05, 4.69) is 29.5 Å². The largest absolute Gasteiger partial charge is 0.494 e. The number of rotatable bonds is 7. The zero-order valence-electron chi connectivity index (χ0n) is 12.9. The first-order chi connectivity index (χ1) is 9.61. The van der Waals surface area contributed by atoms with Crippen molar-refractivity contribution in [2.75, 3.05) is 19.7 Å². The third kappa shape index (κ3) is 9.49. The third-order valence-electron chi connectivity index (χ3n) is 2.42. The molecule has 0 saturated heterocycles. The molecule has 0 saturated carbocycles. The lowest BCUT2D eigenvalue weighted by atomic mass is 10.3. The van der Waals surface area contributed by atoms with E-state index in [1.165, 1.54) is 12.1 Å². The summed E-state index contributed by atoms with van der Waals surface area (Å²) in [5.74, 6) is 1.25. The van der Waals surface area contributed by atoms with Gasteiger partial charge in [-0.2, -0.15) is 0 Å². The number of halogens is 2. The number of nitrogens with zero attached hydrogens (tertiary/aromatic N) is 1. The second-order valence-electron chi connectivity index (χ2n) is 4.72. The molecule has 0 spiro atoms. The van der Waals surface area contributed by atoms with Crippen LogP contribution in [0.5, 0.6) is 5.75 Å². The summed E-state index contributed by atoms with van der Waals surface area (Å²) < 4.78 is 18.2. The number of hydrogen-bond acceptors (Lipinski definition) is 2. The Hall–Kier alpha value is -1.05. The van der Waals surface area contributed by atoms with E-state index >= 15 is 0 Å². The minimum absolute atomic E-state index is 0. The van der Waals surface area contributed by atoms with Crippen LogP contribution in [0.25, 0.3) is 0 Å². The zero-order chi connectivity index (χ0) is 14.8. The van der Waals surface area contributed by atoms with Gasteiger partial charge in [-0.15, -0.1) is 24.0 Å². The lowest BCUT2D eigenvalue weighted by molar-refractivity contribution is 0.313. The quantitative estimate of drug-likeness (QED) is 0.315. The summed E-state index contributed by atoms with van der Waals surface area (Å²) in [6, 6.07) is 6.39. The average molecular weight is 409 g/mol. The minimum Gasteiger partial charge on any atom is -0.494 e. The fourth-order valence-corrected chi connectivity index (χ4v) is 1.57. The molecule has 1 aromatic carbocycles. The Balaban J connectivity index is 0.00000400. The monoisotopic (exact) mass is 409 g/mol. The van der Waals surface area contributed by atoms with Crippen LogP contribution >= 0.6 is 24.0 Å². The van der Waals surface area contributed by atoms with Gasteiger partial charge in [-0.3, -0.25) is 4.99 Å². The molecule has 0 radical (unpaired) electrons. The molecule has 1 rings (SSSR count). The highest BCUT2D eigenvalue weighted by Crippen LogP contribution is 2.10. The van der Waals surface area contributed by atoms with Crippen LogP contribution in [0.1, 0.15) is 27.2 Å². The average Bonchev–Trinajstić information content (AvgIpc) is 2.40. The van der Waals surface area contributed by atoms with Crippen LogP contribution in [0.15, 0.2) is 29.3 Å². The fraction of sp³-hybridized carbons (Fsp3) is 0.533. The van der Waals surface area contributed by atoms with Crippen molar-refractivity contribution in [1.82, 2.24) is 10.6 Å². The highest BCUT2D eigenvalue weighted by molar-refractivity contribution is 14.0. The van der Waals surface area contributed by atoms with Crippen molar-refractivity contribution in [1.29, 1.82) is 0 Å². The molecule has 2 N–H and O–H groups in total. The highest BCUT2D eigenvalue weighted by atomic mass is 127. The molecule has 4 nitrogen and oxygen atoms in total. The summed E-state index contributed by atoms with van der Waals surface area (Å²) in [5, 5.41) is 6.44. The lowest BCUT2D eigenvalue weighted by Gasteiger charge is -2.13. The number of aliphatic imine (C=N–C) groups is 1. The Labute approximate surface area is 143 Å². The van der Waals surface area contributed by atoms with Crippen LogP contribution in [0, 0.1) is 5.82 Å². The van der Waals surface area contributed by atoms with E-state index < -0.39 is 0 Å². The molecule has 6 heteroatoms. The second kappa shape index (κ2) is 11.6. The molecule has 0 aromatic heterocycles. The molecule has 21 heavy (non-hydrogen) atoms. The van der Waals surface area contributed by atoms with Crippen molar-refractivity contribution in [2.45, 2.75) is 33.2 Å². The van der Waals surface area contributed by atoms with Crippen molar-refractivity contribution < 1.29 is 9.13 Å². The van der Waals surface area contributed by atoms with E-state index in [1.807, 2.05) is 6.92 Å². The van der Waals surface area contributed by atoms with Crippen molar-refractivity contribution in [2.24, 2.45) is 4.99 Å². The van der Waals surface area contributed by atoms with E-state index in [0.717, 1.165) is 18.9 Å². The molecular formula is C15H25FIN3O. The van der Waals surface area contributed by atoms with Gasteiger partial charge in [0, 0.05) is 25.6 Å². The SMILES string of the molecule is CCNC(=NCCCOc1ccc(F)cc1)NC(C)C.I. The van der Waals surface area contributed by atoms with Crippen molar-refractivity contribution >= 4 is 29.9 Å². The minimum atomic E-state index is -0.253. The molecule has 1 aromatic rings. The maximum Gasteiger partial charge on any atom is 0.191 e. The smallest absolute Gasteiger partial charge is 0.191 e. The van der Waals surface area contributed by atoms with Crippen LogP contribution in [-0.2, 0) is 0 Å². The van der Waals surface area contributed by atoms with Gasteiger partial charge >= 0.3 is 0 Å². The molecule has 0 aliphatic rings. The van der Waals surface area contributed by atoms with Gasteiger partial charge < -0.3 is 15.4 Å². The van der Waals surface area contributed by atoms with Crippen molar-refractivity contribution in [3.05, 3.63) is 30.1 Å².